The molecule has 0 aliphatic carbocycles. The van der Waals surface area contributed by atoms with Gasteiger partial charge in [0.2, 0.25) is 0 Å². The number of carbonyl (C=O) groups is 1. The number of Topliss-reactive ketones (excluding diaryl/α,β-unsaturated/α-hetero) is 1. The smallest absolute Gasteiger partial charge is 0.151 e. The zero-order valence-electron chi connectivity index (χ0n) is 10.8. The van der Waals surface area contributed by atoms with Gasteiger partial charge in [0.05, 0.1) is 6.54 Å². The van der Waals surface area contributed by atoms with Crippen LogP contribution in [0.4, 0.5) is 4.39 Å². The van der Waals surface area contributed by atoms with Crippen LogP contribution in [0.5, 0.6) is 0 Å². The molecular weight excluding hydrogens is 267 g/mol. The highest BCUT2D eigenvalue weighted by Crippen LogP contribution is 2.18. The average Bonchev–Trinajstić information content (AvgIpc) is 2.62. The van der Waals surface area contributed by atoms with E-state index in [4.69, 9.17) is 11.6 Å². The summed E-state index contributed by atoms with van der Waals surface area (Å²) >= 11 is 5.97. The summed E-state index contributed by atoms with van der Waals surface area (Å²) in [6.45, 7) is 4.13. The fourth-order valence-corrected chi connectivity index (χ4v) is 2.44. The molecule has 1 saturated heterocycles. The molecule has 0 unspecified atom stereocenters. The molecule has 1 N–H and O–H groups in total. The lowest BCUT2D eigenvalue weighted by molar-refractivity contribution is -0.119. The fraction of sp³-hybridized carbons (Fsp3) is 0.500. The Bertz CT molecular complexity index is 445. The van der Waals surface area contributed by atoms with Crippen molar-refractivity contribution >= 4 is 17.4 Å². The van der Waals surface area contributed by atoms with Gasteiger partial charge in [0.1, 0.15) is 5.82 Å². The number of nitrogens with one attached hydrogen (secondary N) is 1. The van der Waals surface area contributed by atoms with Crippen molar-refractivity contribution in [2.75, 3.05) is 32.7 Å². The summed E-state index contributed by atoms with van der Waals surface area (Å²) in [5.74, 6) is -0.277. The van der Waals surface area contributed by atoms with E-state index < -0.39 is 0 Å². The van der Waals surface area contributed by atoms with Crippen LogP contribution in [0.3, 0.4) is 0 Å². The molecule has 19 heavy (non-hydrogen) atoms. The van der Waals surface area contributed by atoms with Crippen LogP contribution in [0.25, 0.3) is 0 Å². The molecule has 1 aliphatic rings. The van der Waals surface area contributed by atoms with Gasteiger partial charge in [0, 0.05) is 24.5 Å². The van der Waals surface area contributed by atoms with E-state index >= 15 is 0 Å². The SMILES string of the molecule is O=C(Cc1cc(F)ccc1Cl)CN1CCCNCC1. The average molecular weight is 285 g/mol. The predicted molar refractivity (Wildman–Crippen MR) is 74.0 cm³/mol. The molecule has 0 amide bonds. The van der Waals surface area contributed by atoms with Crippen molar-refractivity contribution < 1.29 is 9.18 Å². The number of hydrogen-bond acceptors (Lipinski definition) is 3. The maximum Gasteiger partial charge on any atom is 0.151 e. The second-order valence-electron chi connectivity index (χ2n) is 4.83. The molecule has 0 aromatic heterocycles. The van der Waals surface area contributed by atoms with E-state index in [0.29, 0.717) is 17.1 Å². The normalized spacial score (nSPS) is 17.2. The Balaban J connectivity index is 1.91. The molecule has 2 rings (SSSR count). The Hall–Kier alpha value is -0.970. The second-order valence-corrected chi connectivity index (χ2v) is 5.24. The van der Waals surface area contributed by atoms with Gasteiger partial charge in [-0.05, 0) is 43.3 Å². The van der Waals surface area contributed by atoms with Gasteiger partial charge in [-0.2, -0.15) is 0 Å². The third-order valence-corrected chi connectivity index (χ3v) is 3.60. The van der Waals surface area contributed by atoms with E-state index in [1.54, 1.807) is 0 Å². The van der Waals surface area contributed by atoms with Crippen LogP contribution in [-0.2, 0) is 11.2 Å². The molecule has 1 heterocycles. The van der Waals surface area contributed by atoms with E-state index in [1.807, 2.05) is 0 Å². The molecular formula is C14H18ClFN2O. The highest BCUT2D eigenvalue weighted by atomic mass is 35.5. The number of carbonyl (C=O) groups excluding carboxylic acids is 1. The van der Waals surface area contributed by atoms with Crippen molar-refractivity contribution in [2.45, 2.75) is 12.8 Å². The van der Waals surface area contributed by atoms with Gasteiger partial charge in [-0.25, -0.2) is 4.39 Å². The molecule has 0 atom stereocenters. The lowest BCUT2D eigenvalue weighted by Crippen LogP contribution is -2.33. The monoisotopic (exact) mass is 284 g/mol. The number of benzene rings is 1. The van der Waals surface area contributed by atoms with Crippen molar-refractivity contribution in [1.29, 1.82) is 0 Å². The van der Waals surface area contributed by atoms with Gasteiger partial charge in [0.15, 0.2) is 5.78 Å². The molecule has 0 saturated carbocycles. The van der Waals surface area contributed by atoms with E-state index in [9.17, 15) is 9.18 Å². The fourth-order valence-electron chi connectivity index (χ4n) is 2.26. The van der Waals surface area contributed by atoms with Crippen LogP contribution < -0.4 is 5.32 Å². The lowest BCUT2D eigenvalue weighted by Gasteiger charge is -2.18. The van der Waals surface area contributed by atoms with Gasteiger partial charge in [-0.3, -0.25) is 9.69 Å². The first kappa shape index (κ1) is 14.4. The standard InChI is InChI=1S/C14H18ClFN2O/c15-14-3-2-12(16)8-11(14)9-13(19)10-18-6-1-4-17-5-7-18/h2-3,8,17H,1,4-7,9-10H2. The van der Waals surface area contributed by atoms with Gasteiger partial charge in [-0.1, -0.05) is 11.6 Å². The van der Waals surface area contributed by atoms with Crippen molar-refractivity contribution in [3.63, 3.8) is 0 Å². The molecule has 0 bridgehead atoms. The number of halogens is 2. The molecule has 0 radical (unpaired) electrons. The molecule has 104 valence electrons. The van der Waals surface area contributed by atoms with E-state index in [0.717, 1.165) is 32.6 Å². The Morgan fingerprint density at radius 3 is 3.05 bits per heavy atom. The summed E-state index contributed by atoms with van der Waals surface area (Å²) in [6, 6.07) is 4.14. The second kappa shape index (κ2) is 6.98. The van der Waals surface area contributed by atoms with Gasteiger partial charge in [-0.15, -0.1) is 0 Å². The first-order valence-corrected chi connectivity index (χ1v) is 6.91. The molecule has 1 fully saturated rings. The number of nitrogens with zero attached hydrogens (tertiary/aromatic N) is 1. The Morgan fingerprint density at radius 2 is 2.21 bits per heavy atom. The van der Waals surface area contributed by atoms with Gasteiger partial charge < -0.3 is 5.32 Å². The predicted octanol–water partition coefficient (Wildman–Crippen LogP) is 1.89. The van der Waals surface area contributed by atoms with E-state index in [1.165, 1.54) is 18.2 Å². The highest BCUT2D eigenvalue weighted by molar-refractivity contribution is 6.31. The number of hydrogen-bond donors (Lipinski definition) is 1. The highest BCUT2D eigenvalue weighted by Gasteiger charge is 2.14. The topological polar surface area (TPSA) is 32.3 Å². The summed E-state index contributed by atoms with van der Waals surface area (Å²) in [4.78, 5) is 14.1. The number of ketones is 1. The minimum absolute atomic E-state index is 0.0781. The summed E-state index contributed by atoms with van der Waals surface area (Å²) in [6.07, 6.45) is 1.24. The van der Waals surface area contributed by atoms with Crippen molar-refractivity contribution in [3.05, 3.63) is 34.6 Å². The molecule has 1 aromatic carbocycles. The van der Waals surface area contributed by atoms with Crippen molar-refractivity contribution in [1.82, 2.24) is 10.2 Å². The molecule has 1 aromatic rings. The van der Waals surface area contributed by atoms with Crippen molar-refractivity contribution in [3.8, 4) is 0 Å². The van der Waals surface area contributed by atoms with Crippen LogP contribution in [0, 0.1) is 5.82 Å². The van der Waals surface area contributed by atoms with E-state index in [2.05, 4.69) is 10.2 Å². The summed E-state index contributed by atoms with van der Waals surface area (Å²) < 4.78 is 13.1. The van der Waals surface area contributed by atoms with Crippen LogP contribution in [-0.4, -0.2) is 43.4 Å². The lowest BCUT2D eigenvalue weighted by atomic mass is 10.1. The Labute approximate surface area is 117 Å². The minimum atomic E-state index is -0.355. The largest absolute Gasteiger partial charge is 0.315 e. The Kier molecular flexibility index (Phi) is 5.31. The third kappa shape index (κ3) is 4.56. The molecule has 5 heteroatoms. The third-order valence-electron chi connectivity index (χ3n) is 3.23. The number of rotatable bonds is 4. The first-order valence-electron chi connectivity index (χ1n) is 6.54. The minimum Gasteiger partial charge on any atom is -0.315 e. The summed E-state index contributed by atoms with van der Waals surface area (Å²) in [7, 11) is 0. The quantitative estimate of drug-likeness (QED) is 0.916. The summed E-state index contributed by atoms with van der Waals surface area (Å²) in [5.41, 5.74) is 0.569. The molecule has 0 spiro atoms. The zero-order valence-corrected chi connectivity index (χ0v) is 11.5. The zero-order chi connectivity index (χ0) is 13.7. The van der Waals surface area contributed by atoms with E-state index in [-0.39, 0.29) is 18.0 Å². The maximum absolute atomic E-state index is 13.1. The summed E-state index contributed by atoms with van der Waals surface area (Å²) in [5, 5.41) is 3.74. The first-order chi connectivity index (χ1) is 9.15. The maximum atomic E-state index is 13.1. The van der Waals surface area contributed by atoms with Crippen LogP contribution in [0.15, 0.2) is 18.2 Å². The van der Waals surface area contributed by atoms with Crippen LogP contribution in [0.2, 0.25) is 5.02 Å². The molecule has 1 aliphatic heterocycles. The van der Waals surface area contributed by atoms with Crippen LogP contribution in [0.1, 0.15) is 12.0 Å². The van der Waals surface area contributed by atoms with Crippen LogP contribution >= 0.6 is 11.6 Å². The van der Waals surface area contributed by atoms with Crippen molar-refractivity contribution in [2.24, 2.45) is 0 Å². The van der Waals surface area contributed by atoms with Gasteiger partial charge >= 0.3 is 0 Å². The van der Waals surface area contributed by atoms with Gasteiger partial charge in [0.25, 0.3) is 0 Å². The molecule has 3 nitrogen and oxygen atoms in total. The Morgan fingerprint density at radius 1 is 1.37 bits per heavy atom.